The van der Waals surface area contributed by atoms with E-state index in [-0.39, 0.29) is 29.8 Å². The van der Waals surface area contributed by atoms with Gasteiger partial charge in [-0.15, -0.1) is 24.0 Å². The number of rotatable bonds is 4. The zero-order chi connectivity index (χ0) is 16.5. The molecule has 0 aliphatic carbocycles. The van der Waals surface area contributed by atoms with E-state index in [1.165, 1.54) is 25.0 Å². The molecule has 25 heavy (non-hydrogen) atoms. The van der Waals surface area contributed by atoms with Crippen LogP contribution in [0.2, 0.25) is 0 Å². The van der Waals surface area contributed by atoms with Gasteiger partial charge in [-0.1, -0.05) is 6.07 Å². The van der Waals surface area contributed by atoms with Crippen LogP contribution in [0.5, 0.6) is 5.75 Å². The standard InChI is InChI=1S/C18H24FN3O2.HI/c1-20-18(21-7-8-23-13-4-2-3-12(19)9-13)22-10-14-15(11-22)17-6-5-16(14)24-17;/h2-4,9,14-17H,5-8,10-11H2,1H3,(H,20,21);1H. The van der Waals surface area contributed by atoms with Crippen LogP contribution < -0.4 is 10.1 Å². The molecule has 0 saturated carbocycles. The predicted octanol–water partition coefficient (Wildman–Crippen LogP) is 2.51. The molecule has 0 radical (unpaired) electrons. The van der Waals surface area contributed by atoms with Gasteiger partial charge in [0, 0.05) is 38.0 Å². The van der Waals surface area contributed by atoms with Gasteiger partial charge in [0.1, 0.15) is 18.2 Å². The number of likely N-dealkylation sites (tertiary alicyclic amines) is 1. The van der Waals surface area contributed by atoms with Crippen LogP contribution in [0, 0.1) is 17.7 Å². The molecule has 4 atom stereocenters. The minimum Gasteiger partial charge on any atom is -0.492 e. The molecule has 0 aromatic heterocycles. The summed E-state index contributed by atoms with van der Waals surface area (Å²) >= 11 is 0. The van der Waals surface area contributed by atoms with E-state index in [1.54, 1.807) is 12.1 Å². The van der Waals surface area contributed by atoms with Crippen LogP contribution in [0.25, 0.3) is 0 Å². The molecule has 2 bridgehead atoms. The lowest BCUT2D eigenvalue weighted by Gasteiger charge is -2.23. The first-order valence-electron chi connectivity index (χ1n) is 8.74. The SMILES string of the molecule is CN=C(NCCOc1cccc(F)c1)N1CC2C3CCC(O3)C2C1.I. The Morgan fingerprint density at radius 3 is 2.68 bits per heavy atom. The molecule has 5 nitrogen and oxygen atoms in total. The number of guanidine groups is 1. The minimum atomic E-state index is -0.281. The van der Waals surface area contributed by atoms with Crippen molar-refractivity contribution >= 4 is 29.9 Å². The molecule has 3 aliphatic heterocycles. The van der Waals surface area contributed by atoms with Crippen molar-refractivity contribution in [2.24, 2.45) is 16.8 Å². The maximum absolute atomic E-state index is 13.1. The molecular weight excluding hydrogens is 436 g/mol. The van der Waals surface area contributed by atoms with E-state index < -0.39 is 0 Å². The second-order valence-electron chi connectivity index (χ2n) is 6.80. The van der Waals surface area contributed by atoms with E-state index in [0.29, 0.717) is 42.9 Å². The second-order valence-corrected chi connectivity index (χ2v) is 6.80. The molecule has 7 heteroatoms. The maximum atomic E-state index is 13.1. The third-order valence-corrected chi connectivity index (χ3v) is 5.41. The van der Waals surface area contributed by atoms with Crippen LogP contribution in [-0.4, -0.2) is 56.4 Å². The van der Waals surface area contributed by atoms with Gasteiger partial charge in [0.25, 0.3) is 0 Å². The van der Waals surface area contributed by atoms with Crippen molar-refractivity contribution in [2.75, 3.05) is 33.3 Å². The summed E-state index contributed by atoms with van der Waals surface area (Å²) < 4.78 is 24.7. The maximum Gasteiger partial charge on any atom is 0.193 e. The first-order chi connectivity index (χ1) is 11.7. The highest BCUT2D eigenvalue weighted by molar-refractivity contribution is 14.0. The molecule has 3 fully saturated rings. The monoisotopic (exact) mass is 461 g/mol. The van der Waals surface area contributed by atoms with Crippen LogP contribution in [0.15, 0.2) is 29.3 Å². The van der Waals surface area contributed by atoms with E-state index in [1.807, 2.05) is 7.05 Å². The molecule has 0 amide bonds. The fourth-order valence-electron chi connectivity index (χ4n) is 4.35. The molecule has 1 aromatic carbocycles. The molecule has 4 rings (SSSR count). The van der Waals surface area contributed by atoms with Gasteiger partial charge in [0.05, 0.1) is 18.8 Å². The van der Waals surface area contributed by atoms with Crippen LogP contribution in [0.3, 0.4) is 0 Å². The van der Waals surface area contributed by atoms with Gasteiger partial charge >= 0.3 is 0 Å². The Labute approximate surface area is 165 Å². The van der Waals surface area contributed by atoms with Gasteiger partial charge in [-0.25, -0.2) is 4.39 Å². The molecule has 3 aliphatic rings. The summed E-state index contributed by atoms with van der Waals surface area (Å²) in [7, 11) is 1.81. The van der Waals surface area contributed by atoms with Crippen molar-refractivity contribution < 1.29 is 13.9 Å². The highest BCUT2D eigenvalue weighted by Crippen LogP contribution is 2.47. The van der Waals surface area contributed by atoms with Gasteiger partial charge in [-0.3, -0.25) is 4.99 Å². The van der Waals surface area contributed by atoms with Gasteiger partial charge in [0.15, 0.2) is 5.96 Å². The Bertz CT molecular complexity index is 612. The molecule has 0 spiro atoms. The van der Waals surface area contributed by atoms with Crippen molar-refractivity contribution in [3.8, 4) is 5.75 Å². The van der Waals surface area contributed by atoms with E-state index in [9.17, 15) is 4.39 Å². The van der Waals surface area contributed by atoms with E-state index in [0.717, 1.165) is 19.0 Å². The molecule has 3 saturated heterocycles. The van der Waals surface area contributed by atoms with E-state index in [2.05, 4.69) is 15.2 Å². The van der Waals surface area contributed by atoms with Crippen molar-refractivity contribution in [1.82, 2.24) is 10.2 Å². The molecular formula is C18H25FIN3O2. The number of halogens is 2. The Kier molecular flexibility index (Phi) is 6.04. The summed E-state index contributed by atoms with van der Waals surface area (Å²) in [5, 5.41) is 3.35. The average molecular weight is 461 g/mol. The second kappa shape index (κ2) is 8.07. The summed E-state index contributed by atoms with van der Waals surface area (Å²) in [6.07, 6.45) is 3.35. The predicted molar refractivity (Wildman–Crippen MR) is 105 cm³/mol. The number of ether oxygens (including phenoxy) is 2. The topological polar surface area (TPSA) is 46.1 Å². The first kappa shape index (κ1) is 18.7. The quantitative estimate of drug-likeness (QED) is 0.324. The highest BCUT2D eigenvalue weighted by Gasteiger charge is 2.53. The van der Waals surface area contributed by atoms with Crippen LogP contribution >= 0.6 is 24.0 Å². The number of nitrogens with one attached hydrogen (secondary N) is 1. The Balaban J connectivity index is 0.00000182. The Hall–Kier alpha value is -1.09. The lowest BCUT2D eigenvalue weighted by atomic mass is 9.82. The number of hydrogen-bond donors (Lipinski definition) is 1. The first-order valence-corrected chi connectivity index (χ1v) is 8.74. The van der Waals surface area contributed by atoms with Crippen LogP contribution in [-0.2, 0) is 4.74 Å². The molecule has 1 N–H and O–H groups in total. The molecule has 1 aromatic rings. The summed E-state index contributed by atoms with van der Waals surface area (Å²) in [6.45, 7) is 3.16. The van der Waals surface area contributed by atoms with E-state index in [4.69, 9.17) is 9.47 Å². The molecule has 4 unspecified atom stereocenters. The Morgan fingerprint density at radius 2 is 2.04 bits per heavy atom. The van der Waals surface area contributed by atoms with Crippen molar-refractivity contribution in [3.63, 3.8) is 0 Å². The van der Waals surface area contributed by atoms with Crippen molar-refractivity contribution in [2.45, 2.75) is 25.0 Å². The smallest absolute Gasteiger partial charge is 0.193 e. The summed E-state index contributed by atoms with van der Waals surface area (Å²) in [5.74, 6) is 2.51. The summed E-state index contributed by atoms with van der Waals surface area (Å²) in [5.41, 5.74) is 0. The third kappa shape index (κ3) is 3.86. The fourth-order valence-corrected chi connectivity index (χ4v) is 4.35. The molecule has 3 heterocycles. The number of benzene rings is 1. The lowest BCUT2D eigenvalue weighted by molar-refractivity contribution is 0.0767. The highest BCUT2D eigenvalue weighted by atomic mass is 127. The van der Waals surface area contributed by atoms with Crippen molar-refractivity contribution in [3.05, 3.63) is 30.1 Å². The number of aliphatic imine (C=N–C) groups is 1. The van der Waals surface area contributed by atoms with Crippen molar-refractivity contribution in [1.29, 1.82) is 0 Å². The lowest BCUT2D eigenvalue weighted by Crippen LogP contribution is -2.42. The largest absolute Gasteiger partial charge is 0.492 e. The van der Waals surface area contributed by atoms with Gasteiger partial charge in [-0.05, 0) is 25.0 Å². The van der Waals surface area contributed by atoms with Crippen LogP contribution in [0.4, 0.5) is 4.39 Å². The van der Waals surface area contributed by atoms with E-state index >= 15 is 0 Å². The van der Waals surface area contributed by atoms with Gasteiger partial charge in [0.2, 0.25) is 0 Å². The number of hydrogen-bond acceptors (Lipinski definition) is 3. The normalized spacial score (nSPS) is 30.2. The summed E-state index contributed by atoms with van der Waals surface area (Å²) in [4.78, 5) is 6.74. The third-order valence-electron chi connectivity index (χ3n) is 5.41. The minimum absolute atomic E-state index is 0. The summed E-state index contributed by atoms with van der Waals surface area (Å²) in [6, 6.07) is 6.21. The number of fused-ring (bicyclic) bond motifs is 5. The average Bonchev–Trinajstić information content (AvgIpc) is 3.28. The molecule has 138 valence electrons. The number of nitrogens with zero attached hydrogens (tertiary/aromatic N) is 2. The van der Waals surface area contributed by atoms with Gasteiger partial charge in [-0.2, -0.15) is 0 Å². The zero-order valence-electron chi connectivity index (χ0n) is 14.4. The van der Waals surface area contributed by atoms with Gasteiger partial charge < -0.3 is 19.7 Å². The Morgan fingerprint density at radius 1 is 1.32 bits per heavy atom. The van der Waals surface area contributed by atoms with Crippen LogP contribution in [0.1, 0.15) is 12.8 Å². The fraction of sp³-hybridized carbons (Fsp3) is 0.611. The zero-order valence-corrected chi connectivity index (χ0v) is 16.7.